The van der Waals surface area contributed by atoms with E-state index < -0.39 is 0 Å². The van der Waals surface area contributed by atoms with Crippen LogP contribution in [0.25, 0.3) is 0 Å². The molecule has 0 fully saturated rings. The van der Waals surface area contributed by atoms with Crippen molar-refractivity contribution < 1.29 is 9.59 Å². The smallest absolute Gasteiger partial charge is 0.225 e. The van der Waals surface area contributed by atoms with E-state index >= 15 is 0 Å². The highest BCUT2D eigenvalue weighted by molar-refractivity contribution is 5.81. The number of hydrogen-bond donors (Lipinski definition) is 3. The number of H-pyrrole nitrogens is 1. The van der Waals surface area contributed by atoms with Gasteiger partial charge in [0.15, 0.2) is 0 Å². The normalized spacial score (nSPS) is 11.2. The summed E-state index contributed by atoms with van der Waals surface area (Å²) in [6, 6.07) is 0. The molecule has 0 saturated carbocycles. The molecule has 0 saturated heterocycles. The lowest BCUT2D eigenvalue weighted by molar-refractivity contribution is -0.128. The molecule has 3 N–H and O–H groups in total. The minimum Gasteiger partial charge on any atom is -0.356 e. The Morgan fingerprint density at radius 1 is 1.25 bits per heavy atom. The third kappa shape index (κ3) is 6.36. The lowest BCUT2D eigenvalue weighted by Crippen LogP contribution is -2.35. The number of nitrogens with zero attached hydrogens (tertiary/aromatic N) is 1. The molecule has 20 heavy (non-hydrogen) atoms. The van der Waals surface area contributed by atoms with Crippen LogP contribution in [0, 0.1) is 5.41 Å². The first-order chi connectivity index (χ1) is 9.39. The highest BCUT2D eigenvalue weighted by Gasteiger charge is 2.20. The van der Waals surface area contributed by atoms with Gasteiger partial charge in [0.1, 0.15) is 5.82 Å². The molecule has 1 rings (SSSR count). The Hall–Kier alpha value is -1.85. The van der Waals surface area contributed by atoms with Crippen molar-refractivity contribution in [1.29, 1.82) is 0 Å². The molecule has 0 unspecified atom stereocenters. The van der Waals surface area contributed by atoms with Gasteiger partial charge >= 0.3 is 0 Å². The van der Waals surface area contributed by atoms with E-state index in [1.54, 1.807) is 12.4 Å². The summed E-state index contributed by atoms with van der Waals surface area (Å²) in [5.74, 6) is 0.875. The van der Waals surface area contributed by atoms with Crippen LogP contribution in [-0.4, -0.2) is 34.9 Å². The lowest BCUT2D eigenvalue weighted by atomic mass is 9.96. The topological polar surface area (TPSA) is 86.9 Å². The number of carbonyl (C=O) groups excluding carboxylic acids is 2. The maximum Gasteiger partial charge on any atom is 0.225 e. The third-order valence-corrected chi connectivity index (χ3v) is 2.79. The molecule has 1 aromatic heterocycles. The Kier molecular flexibility index (Phi) is 6.21. The number of hydrogen-bond acceptors (Lipinski definition) is 3. The second-order valence-electron chi connectivity index (χ2n) is 5.75. The van der Waals surface area contributed by atoms with E-state index in [9.17, 15) is 9.59 Å². The van der Waals surface area contributed by atoms with Crippen LogP contribution in [0.4, 0.5) is 0 Å². The molecule has 0 aromatic carbocycles. The van der Waals surface area contributed by atoms with Crippen LogP contribution in [0.3, 0.4) is 0 Å². The van der Waals surface area contributed by atoms with Gasteiger partial charge in [-0.05, 0) is 6.42 Å². The van der Waals surface area contributed by atoms with Crippen molar-refractivity contribution in [3.63, 3.8) is 0 Å². The number of carbonyl (C=O) groups is 2. The molecule has 0 aliphatic heterocycles. The Morgan fingerprint density at radius 3 is 2.60 bits per heavy atom. The van der Waals surface area contributed by atoms with E-state index in [2.05, 4.69) is 20.6 Å². The minimum atomic E-state index is -0.384. The molecule has 1 heterocycles. The second-order valence-corrected chi connectivity index (χ2v) is 5.75. The number of amides is 2. The maximum absolute atomic E-state index is 11.6. The Balaban J connectivity index is 2.04. The predicted molar refractivity (Wildman–Crippen MR) is 77.0 cm³/mol. The van der Waals surface area contributed by atoms with E-state index in [0.717, 1.165) is 5.82 Å². The number of nitrogens with one attached hydrogen (secondary N) is 3. The molecule has 112 valence electrons. The van der Waals surface area contributed by atoms with Crippen molar-refractivity contribution in [1.82, 2.24) is 20.6 Å². The summed E-state index contributed by atoms with van der Waals surface area (Å²) in [5, 5.41) is 5.65. The summed E-state index contributed by atoms with van der Waals surface area (Å²) < 4.78 is 0. The van der Waals surface area contributed by atoms with Gasteiger partial charge in [-0.15, -0.1) is 0 Å². The molecule has 1 aromatic rings. The molecule has 0 aliphatic carbocycles. The Bertz CT molecular complexity index is 421. The first-order valence-electron chi connectivity index (χ1n) is 6.93. The van der Waals surface area contributed by atoms with Gasteiger partial charge in [-0.3, -0.25) is 9.59 Å². The number of imidazole rings is 1. The highest BCUT2D eigenvalue weighted by Crippen LogP contribution is 2.12. The summed E-state index contributed by atoms with van der Waals surface area (Å²) in [6.07, 6.45) is 5.21. The molecular weight excluding hydrogens is 256 g/mol. The third-order valence-electron chi connectivity index (χ3n) is 2.79. The summed E-state index contributed by atoms with van der Waals surface area (Å²) in [7, 11) is 0. The van der Waals surface area contributed by atoms with Crippen molar-refractivity contribution in [2.75, 3.05) is 13.1 Å². The van der Waals surface area contributed by atoms with Gasteiger partial charge in [-0.25, -0.2) is 4.98 Å². The number of aromatic nitrogens is 2. The zero-order valence-electron chi connectivity index (χ0n) is 12.5. The van der Waals surface area contributed by atoms with Crippen molar-refractivity contribution in [3.05, 3.63) is 18.2 Å². The number of rotatable bonds is 7. The van der Waals surface area contributed by atoms with Crippen molar-refractivity contribution in [3.8, 4) is 0 Å². The first kappa shape index (κ1) is 16.2. The monoisotopic (exact) mass is 280 g/mol. The summed E-state index contributed by atoms with van der Waals surface area (Å²) in [5.41, 5.74) is -0.384. The van der Waals surface area contributed by atoms with Crippen LogP contribution in [-0.2, 0) is 16.0 Å². The molecule has 0 bridgehead atoms. The maximum atomic E-state index is 11.6. The summed E-state index contributed by atoms with van der Waals surface area (Å²) in [6.45, 7) is 6.69. The summed E-state index contributed by atoms with van der Waals surface area (Å²) in [4.78, 5) is 30.2. The van der Waals surface area contributed by atoms with E-state index in [1.807, 2.05) is 20.8 Å². The fourth-order valence-corrected chi connectivity index (χ4v) is 1.56. The van der Waals surface area contributed by atoms with Crippen LogP contribution < -0.4 is 10.6 Å². The molecule has 0 aliphatic rings. The van der Waals surface area contributed by atoms with E-state index in [-0.39, 0.29) is 17.2 Å². The molecule has 0 spiro atoms. The standard InChI is InChI=1S/C14H24N4O2/c1-14(2,3)13(20)18-7-4-5-12(19)17-8-6-11-15-9-10-16-11/h9-10H,4-8H2,1-3H3,(H,15,16)(H,17,19)(H,18,20). The Morgan fingerprint density at radius 2 is 2.00 bits per heavy atom. The van der Waals surface area contributed by atoms with Gasteiger partial charge in [0.25, 0.3) is 0 Å². The van der Waals surface area contributed by atoms with E-state index in [1.165, 1.54) is 0 Å². The predicted octanol–water partition coefficient (Wildman–Crippen LogP) is 1.01. The van der Waals surface area contributed by atoms with Gasteiger partial charge < -0.3 is 15.6 Å². The minimum absolute atomic E-state index is 0.00145. The van der Waals surface area contributed by atoms with Crippen LogP contribution in [0.1, 0.15) is 39.4 Å². The molecule has 6 heteroatoms. The van der Waals surface area contributed by atoms with Gasteiger partial charge in [-0.1, -0.05) is 20.8 Å². The second kappa shape index (κ2) is 7.67. The average molecular weight is 280 g/mol. The fourth-order valence-electron chi connectivity index (χ4n) is 1.56. The van der Waals surface area contributed by atoms with E-state index in [0.29, 0.717) is 32.4 Å². The zero-order chi connectivity index (χ0) is 15.0. The number of aromatic amines is 1. The molecule has 0 radical (unpaired) electrons. The largest absolute Gasteiger partial charge is 0.356 e. The van der Waals surface area contributed by atoms with Crippen LogP contribution >= 0.6 is 0 Å². The van der Waals surface area contributed by atoms with Crippen LogP contribution in [0.15, 0.2) is 12.4 Å². The van der Waals surface area contributed by atoms with Gasteiger partial charge in [0, 0.05) is 43.7 Å². The van der Waals surface area contributed by atoms with Crippen LogP contribution in [0.2, 0.25) is 0 Å². The van der Waals surface area contributed by atoms with E-state index in [4.69, 9.17) is 0 Å². The lowest BCUT2D eigenvalue weighted by Gasteiger charge is -2.17. The van der Waals surface area contributed by atoms with Crippen molar-refractivity contribution >= 4 is 11.8 Å². The summed E-state index contributed by atoms with van der Waals surface area (Å²) >= 11 is 0. The highest BCUT2D eigenvalue weighted by atomic mass is 16.2. The van der Waals surface area contributed by atoms with Crippen molar-refractivity contribution in [2.24, 2.45) is 5.41 Å². The van der Waals surface area contributed by atoms with Gasteiger partial charge in [0.05, 0.1) is 0 Å². The molecule has 2 amide bonds. The zero-order valence-corrected chi connectivity index (χ0v) is 12.5. The quantitative estimate of drug-likeness (QED) is 0.651. The average Bonchev–Trinajstić information content (AvgIpc) is 2.86. The SMILES string of the molecule is CC(C)(C)C(=O)NCCCC(=O)NCCc1ncc[nH]1. The first-order valence-corrected chi connectivity index (χ1v) is 6.93. The van der Waals surface area contributed by atoms with Crippen LogP contribution in [0.5, 0.6) is 0 Å². The Labute approximate surface area is 119 Å². The van der Waals surface area contributed by atoms with Gasteiger partial charge in [0.2, 0.25) is 11.8 Å². The fraction of sp³-hybridized carbons (Fsp3) is 0.643. The molecule has 6 nitrogen and oxygen atoms in total. The van der Waals surface area contributed by atoms with Crippen molar-refractivity contribution in [2.45, 2.75) is 40.0 Å². The van der Waals surface area contributed by atoms with Gasteiger partial charge in [-0.2, -0.15) is 0 Å². The molecular formula is C14H24N4O2. The molecule has 0 atom stereocenters.